The first kappa shape index (κ1) is 10.2. The number of phenols is 1. The number of phenolic OH excluding ortho intramolecular Hbond substituents is 1. The zero-order chi connectivity index (χ0) is 11.8. The smallest absolute Gasteiger partial charge is 0.117 e. The topological polar surface area (TPSA) is 45.4 Å². The summed E-state index contributed by atoms with van der Waals surface area (Å²) >= 11 is 0. The normalized spacial score (nSPS) is 11.4. The van der Waals surface area contributed by atoms with Crippen LogP contribution < -0.4 is 0 Å². The second-order valence-corrected chi connectivity index (χ2v) is 4.09. The van der Waals surface area contributed by atoms with Gasteiger partial charge in [0.25, 0.3) is 0 Å². The van der Waals surface area contributed by atoms with Crippen molar-refractivity contribution in [3.8, 4) is 5.75 Å². The van der Waals surface area contributed by atoms with Crippen LogP contribution in [0, 0.1) is 0 Å². The van der Waals surface area contributed by atoms with Crippen molar-refractivity contribution >= 4 is 21.8 Å². The third-order valence-electron chi connectivity index (χ3n) is 3.08. The van der Waals surface area contributed by atoms with E-state index in [0.29, 0.717) is 6.54 Å². The van der Waals surface area contributed by atoms with E-state index in [2.05, 4.69) is 6.07 Å². The van der Waals surface area contributed by atoms with E-state index in [0.717, 1.165) is 21.8 Å². The van der Waals surface area contributed by atoms with Crippen molar-refractivity contribution in [2.75, 3.05) is 6.61 Å². The highest BCUT2D eigenvalue weighted by atomic mass is 16.3. The van der Waals surface area contributed by atoms with Crippen molar-refractivity contribution in [2.45, 2.75) is 6.54 Å². The minimum atomic E-state index is 0.0867. The molecule has 0 atom stereocenters. The van der Waals surface area contributed by atoms with Gasteiger partial charge in [0.2, 0.25) is 0 Å². The lowest BCUT2D eigenvalue weighted by Gasteiger charge is -2.04. The van der Waals surface area contributed by atoms with E-state index in [1.807, 2.05) is 28.8 Å². The first-order chi connectivity index (χ1) is 8.31. The fraction of sp³-hybridized carbons (Fsp3) is 0.143. The maximum atomic E-state index is 9.57. The Balaban J connectivity index is 2.48. The number of hydrogen-bond donors (Lipinski definition) is 2. The van der Waals surface area contributed by atoms with Crippen LogP contribution in [0.3, 0.4) is 0 Å². The highest BCUT2D eigenvalue weighted by Crippen LogP contribution is 2.30. The van der Waals surface area contributed by atoms with E-state index in [1.165, 1.54) is 0 Å². The lowest BCUT2D eigenvalue weighted by molar-refractivity contribution is 0.280. The number of hydrogen-bond acceptors (Lipinski definition) is 2. The third-order valence-corrected chi connectivity index (χ3v) is 3.08. The van der Waals surface area contributed by atoms with Gasteiger partial charge >= 0.3 is 0 Å². The van der Waals surface area contributed by atoms with Gasteiger partial charge in [0.05, 0.1) is 12.1 Å². The molecule has 0 saturated heterocycles. The van der Waals surface area contributed by atoms with Crippen LogP contribution in [-0.2, 0) is 6.54 Å². The van der Waals surface area contributed by atoms with Crippen molar-refractivity contribution in [1.82, 2.24) is 4.57 Å². The summed E-state index contributed by atoms with van der Waals surface area (Å²) in [6.07, 6.45) is 0. The van der Waals surface area contributed by atoms with Gasteiger partial charge < -0.3 is 14.8 Å². The Bertz CT molecular complexity index is 685. The van der Waals surface area contributed by atoms with E-state index in [4.69, 9.17) is 5.11 Å². The lowest BCUT2D eigenvalue weighted by atomic mass is 10.1. The minimum Gasteiger partial charge on any atom is -0.508 e. The molecule has 0 unspecified atom stereocenters. The summed E-state index contributed by atoms with van der Waals surface area (Å²) in [5.41, 5.74) is 2.04. The summed E-state index contributed by atoms with van der Waals surface area (Å²) in [6, 6.07) is 13.4. The Labute approximate surface area is 98.5 Å². The molecule has 0 spiro atoms. The number of aromatic hydroxyl groups is 1. The highest BCUT2D eigenvalue weighted by Gasteiger charge is 2.09. The quantitative estimate of drug-likeness (QED) is 0.706. The molecule has 0 saturated carbocycles. The Morgan fingerprint density at radius 2 is 1.71 bits per heavy atom. The van der Waals surface area contributed by atoms with Crippen molar-refractivity contribution in [2.24, 2.45) is 0 Å². The molecular formula is C14H13NO2. The predicted molar refractivity (Wildman–Crippen MR) is 68.2 cm³/mol. The number of para-hydroxylation sites is 1. The summed E-state index contributed by atoms with van der Waals surface area (Å²) in [5.74, 6) is 0.250. The maximum Gasteiger partial charge on any atom is 0.117 e. The number of nitrogens with zero attached hydrogens (tertiary/aromatic N) is 1. The molecule has 0 radical (unpaired) electrons. The molecule has 1 heterocycles. The van der Waals surface area contributed by atoms with E-state index < -0.39 is 0 Å². The van der Waals surface area contributed by atoms with Crippen LogP contribution in [-0.4, -0.2) is 21.4 Å². The van der Waals surface area contributed by atoms with Gasteiger partial charge in [-0.25, -0.2) is 0 Å². The van der Waals surface area contributed by atoms with Crippen LogP contribution in [0.5, 0.6) is 5.75 Å². The van der Waals surface area contributed by atoms with Gasteiger partial charge in [-0.05, 0) is 18.2 Å². The monoisotopic (exact) mass is 227 g/mol. The number of fused-ring (bicyclic) bond motifs is 3. The van der Waals surface area contributed by atoms with E-state index in [-0.39, 0.29) is 12.4 Å². The molecule has 3 rings (SSSR count). The molecule has 2 N–H and O–H groups in total. The summed E-state index contributed by atoms with van der Waals surface area (Å²) in [5, 5.41) is 21.0. The molecular weight excluding hydrogens is 214 g/mol. The molecule has 86 valence electrons. The Kier molecular flexibility index (Phi) is 2.27. The van der Waals surface area contributed by atoms with Crippen molar-refractivity contribution in [1.29, 1.82) is 0 Å². The van der Waals surface area contributed by atoms with Gasteiger partial charge in [0.1, 0.15) is 5.75 Å². The largest absolute Gasteiger partial charge is 0.508 e. The lowest BCUT2D eigenvalue weighted by Crippen LogP contribution is -2.01. The molecule has 0 fully saturated rings. The average Bonchev–Trinajstić information content (AvgIpc) is 2.65. The summed E-state index contributed by atoms with van der Waals surface area (Å²) in [7, 11) is 0. The molecule has 0 aliphatic rings. The van der Waals surface area contributed by atoms with Crippen LogP contribution in [0.25, 0.3) is 21.8 Å². The van der Waals surface area contributed by atoms with Gasteiger partial charge in [-0.1, -0.05) is 18.2 Å². The molecule has 0 aliphatic heterocycles. The van der Waals surface area contributed by atoms with E-state index >= 15 is 0 Å². The second-order valence-electron chi connectivity index (χ2n) is 4.09. The number of rotatable bonds is 2. The SMILES string of the molecule is OCCn1c2ccccc2c2ccc(O)cc21. The predicted octanol–water partition coefficient (Wildman–Crippen LogP) is 2.49. The summed E-state index contributed by atoms with van der Waals surface area (Å²) in [6.45, 7) is 0.622. The van der Waals surface area contributed by atoms with Crippen LogP contribution >= 0.6 is 0 Å². The van der Waals surface area contributed by atoms with Crippen molar-refractivity contribution in [3.63, 3.8) is 0 Å². The molecule has 0 bridgehead atoms. The Morgan fingerprint density at radius 1 is 0.941 bits per heavy atom. The minimum absolute atomic E-state index is 0.0867. The van der Waals surface area contributed by atoms with E-state index in [9.17, 15) is 5.11 Å². The standard InChI is InChI=1S/C14H13NO2/c16-8-7-15-13-4-2-1-3-11(13)12-6-5-10(17)9-14(12)15/h1-6,9,16-17H,7-8H2. The Hall–Kier alpha value is -2.00. The molecule has 3 heteroatoms. The summed E-state index contributed by atoms with van der Waals surface area (Å²) in [4.78, 5) is 0. The fourth-order valence-electron chi connectivity index (χ4n) is 2.38. The number of aliphatic hydroxyl groups is 1. The summed E-state index contributed by atoms with van der Waals surface area (Å²) < 4.78 is 2.03. The van der Waals surface area contributed by atoms with Crippen LogP contribution in [0.15, 0.2) is 42.5 Å². The molecule has 0 amide bonds. The highest BCUT2D eigenvalue weighted by molar-refractivity contribution is 6.08. The molecule has 3 nitrogen and oxygen atoms in total. The zero-order valence-electron chi connectivity index (χ0n) is 9.30. The average molecular weight is 227 g/mol. The van der Waals surface area contributed by atoms with Crippen molar-refractivity contribution < 1.29 is 10.2 Å². The molecule has 0 aliphatic carbocycles. The van der Waals surface area contributed by atoms with Crippen molar-refractivity contribution in [3.05, 3.63) is 42.5 Å². The third kappa shape index (κ3) is 1.47. The van der Waals surface area contributed by atoms with Crippen LogP contribution in [0.1, 0.15) is 0 Å². The van der Waals surface area contributed by atoms with Crippen LogP contribution in [0.2, 0.25) is 0 Å². The Morgan fingerprint density at radius 3 is 2.53 bits per heavy atom. The van der Waals surface area contributed by atoms with E-state index in [1.54, 1.807) is 12.1 Å². The first-order valence-electron chi connectivity index (χ1n) is 5.62. The van der Waals surface area contributed by atoms with Crippen LogP contribution in [0.4, 0.5) is 0 Å². The second kappa shape index (κ2) is 3.79. The number of aromatic nitrogens is 1. The van der Waals surface area contributed by atoms with Gasteiger partial charge in [0, 0.05) is 28.9 Å². The van der Waals surface area contributed by atoms with Gasteiger partial charge in [-0.2, -0.15) is 0 Å². The maximum absolute atomic E-state index is 9.57. The van der Waals surface area contributed by atoms with Gasteiger partial charge in [-0.15, -0.1) is 0 Å². The zero-order valence-corrected chi connectivity index (χ0v) is 9.30. The molecule has 17 heavy (non-hydrogen) atoms. The fourth-order valence-corrected chi connectivity index (χ4v) is 2.38. The molecule has 1 aromatic heterocycles. The first-order valence-corrected chi connectivity index (χ1v) is 5.62. The van der Waals surface area contributed by atoms with Gasteiger partial charge in [0.15, 0.2) is 0 Å². The number of aliphatic hydroxyl groups excluding tert-OH is 1. The number of benzene rings is 2. The molecule has 3 aromatic rings. The van der Waals surface area contributed by atoms with Gasteiger partial charge in [-0.3, -0.25) is 0 Å². The molecule has 2 aromatic carbocycles.